The van der Waals surface area contributed by atoms with Crippen LogP contribution in [0, 0.1) is 0 Å². The lowest BCUT2D eigenvalue weighted by Gasteiger charge is -2.45. The fourth-order valence-electron chi connectivity index (χ4n) is 5.42. The number of hydrogen-bond acceptors (Lipinski definition) is 23. The second kappa shape index (κ2) is 18.0. The summed E-state index contributed by atoms with van der Waals surface area (Å²) >= 11 is 4.87. The number of phosphoric ester groups is 1. The standard InChI is InChI=1S/C27H37N5O20P2S/c1-10(33)43-6-16(45-11(2)34)20-21(46-12(3)35)22(47-13(4)36)23(48-14(5)37)27(50-20)51-53(40,41)52-54(42,55)44-7-15-18(38)19(39)26(49-15)32-9-31-17-24(28)29-8-30-25(17)32/h8-9,15-16,18-23,26-27,38-39H,6-7H2,1-5H3,(H,40,41)(H,42,55)(H2,28,29,30)/t15-,16-,18?,19?,20?,21-,22?,23?,26-,27+,54?/m1/s1. The van der Waals surface area contributed by atoms with Crippen molar-refractivity contribution in [2.75, 3.05) is 18.9 Å². The van der Waals surface area contributed by atoms with E-state index in [1.54, 1.807) is 0 Å². The first-order valence-corrected chi connectivity index (χ1v) is 19.8. The van der Waals surface area contributed by atoms with Gasteiger partial charge in [0.15, 0.2) is 42.1 Å². The molecule has 2 aliphatic rings. The molecule has 2 aromatic rings. The van der Waals surface area contributed by atoms with Crippen LogP contribution in [0.25, 0.3) is 11.2 Å². The number of imidazole rings is 1. The van der Waals surface area contributed by atoms with Crippen molar-refractivity contribution < 1.29 is 95.1 Å². The van der Waals surface area contributed by atoms with Crippen LogP contribution in [0.5, 0.6) is 0 Å². The van der Waals surface area contributed by atoms with E-state index in [1.807, 2.05) is 0 Å². The predicted molar refractivity (Wildman–Crippen MR) is 178 cm³/mol. The number of nitrogen functional groups attached to an aromatic ring is 1. The summed E-state index contributed by atoms with van der Waals surface area (Å²) in [5.74, 6) is -5.00. The minimum absolute atomic E-state index is 0.0242. The Hall–Kier alpha value is -3.78. The fraction of sp³-hybridized carbons (Fsp3) is 0.630. The highest BCUT2D eigenvalue weighted by Crippen LogP contribution is 2.62. The summed E-state index contributed by atoms with van der Waals surface area (Å²) in [4.78, 5) is 93.7. The lowest BCUT2D eigenvalue weighted by Crippen LogP contribution is -2.65. The monoisotopic (exact) mass is 845 g/mol. The highest BCUT2D eigenvalue weighted by molar-refractivity contribution is 8.08. The zero-order valence-corrected chi connectivity index (χ0v) is 31.9. The van der Waals surface area contributed by atoms with Gasteiger partial charge >= 0.3 is 44.4 Å². The number of carbonyl (C=O) groups excluding carboxylic acids is 5. The van der Waals surface area contributed by atoms with Crippen molar-refractivity contribution in [3.8, 4) is 0 Å². The summed E-state index contributed by atoms with van der Waals surface area (Å²) in [6, 6.07) is 0. The van der Waals surface area contributed by atoms with Crippen LogP contribution in [-0.4, -0.2) is 138 Å². The first kappa shape index (κ1) is 43.9. The number of carbonyl (C=O) groups is 5. The van der Waals surface area contributed by atoms with Crippen LogP contribution in [0.4, 0.5) is 5.82 Å². The maximum Gasteiger partial charge on any atom is 0.481 e. The predicted octanol–water partition coefficient (Wildman–Crippen LogP) is -1.59. The number of esters is 5. The van der Waals surface area contributed by atoms with Crippen LogP contribution in [0.1, 0.15) is 40.8 Å². The van der Waals surface area contributed by atoms with E-state index in [1.165, 1.54) is 10.9 Å². The van der Waals surface area contributed by atoms with Gasteiger partial charge in [0.05, 0.1) is 12.9 Å². The molecule has 0 aromatic carbocycles. The molecule has 2 aromatic heterocycles. The number of anilines is 1. The molecule has 6 N–H and O–H groups in total. The molecule has 55 heavy (non-hydrogen) atoms. The van der Waals surface area contributed by atoms with E-state index >= 15 is 0 Å². The largest absolute Gasteiger partial charge is 0.481 e. The van der Waals surface area contributed by atoms with Gasteiger partial charge in [-0.15, -0.1) is 0 Å². The lowest BCUT2D eigenvalue weighted by atomic mass is 9.94. The Morgan fingerprint density at radius 1 is 0.891 bits per heavy atom. The second-order valence-electron chi connectivity index (χ2n) is 11.7. The number of ether oxygens (including phenoxy) is 7. The quantitative estimate of drug-likeness (QED) is 0.0766. The Morgan fingerprint density at radius 2 is 1.51 bits per heavy atom. The highest BCUT2D eigenvalue weighted by Gasteiger charge is 2.57. The molecule has 306 valence electrons. The summed E-state index contributed by atoms with van der Waals surface area (Å²) in [5.41, 5.74) is 6.10. The molecular weight excluding hydrogens is 808 g/mol. The number of aliphatic hydroxyl groups is 2. The van der Waals surface area contributed by atoms with Crippen LogP contribution in [-0.2, 0) is 86.9 Å². The van der Waals surface area contributed by atoms with Crippen LogP contribution in [0.15, 0.2) is 12.7 Å². The van der Waals surface area contributed by atoms with Crippen molar-refractivity contribution in [1.82, 2.24) is 19.5 Å². The van der Waals surface area contributed by atoms with Gasteiger partial charge in [-0.3, -0.25) is 33.1 Å². The topological polar surface area (TPSA) is 345 Å². The molecule has 0 aliphatic carbocycles. The second-order valence-corrected chi connectivity index (χ2v) is 16.1. The third kappa shape index (κ3) is 11.4. The molecule has 2 aliphatic heterocycles. The average Bonchev–Trinajstić information content (AvgIpc) is 3.60. The van der Waals surface area contributed by atoms with E-state index in [4.69, 9.17) is 64.1 Å². The Morgan fingerprint density at radius 3 is 2.11 bits per heavy atom. The van der Waals surface area contributed by atoms with Gasteiger partial charge < -0.3 is 63.4 Å². The van der Waals surface area contributed by atoms with E-state index in [0.29, 0.717) is 0 Å². The molecule has 2 fully saturated rings. The molecule has 0 saturated carbocycles. The van der Waals surface area contributed by atoms with Gasteiger partial charge in [0.1, 0.15) is 42.9 Å². The molecule has 4 rings (SSSR count). The molecule has 0 spiro atoms. The van der Waals surface area contributed by atoms with E-state index in [9.17, 15) is 48.5 Å². The van der Waals surface area contributed by atoms with Gasteiger partial charge in [-0.2, -0.15) is 0 Å². The maximum atomic E-state index is 13.4. The van der Waals surface area contributed by atoms with E-state index < -0.39 is 119 Å². The van der Waals surface area contributed by atoms with Gasteiger partial charge in [0.25, 0.3) is 0 Å². The molecule has 12 atom stereocenters. The van der Waals surface area contributed by atoms with Crippen molar-refractivity contribution >= 4 is 73.2 Å². The van der Waals surface area contributed by atoms with Gasteiger partial charge in [-0.1, -0.05) is 0 Å². The van der Waals surface area contributed by atoms with E-state index in [2.05, 4.69) is 15.0 Å². The third-order valence-electron chi connectivity index (χ3n) is 7.42. The number of nitrogens with two attached hydrogens (primary N) is 1. The van der Waals surface area contributed by atoms with Crippen LogP contribution in [0.2, 0.25) is 0 Å². The van der Waals surface area contributed by atoms with E-state index in [0.717, 1.165) is 40.9 Å². The summed E-state index contributed by atoms with van der Waals surface area (Å²) in [7, 11) is -5.74. The Kier molecular flexibility index (Phi) is 14.4. The van der Waals surface area contributed by atoms with Crippen molar-refractivity contribution in [1.29, 1.82) is 0 Å². The Bertz CT molecular complexity index is 1870. The zero-order chi connectivity index (χ0) is 41.0. The SMILES string of the molecule is CC(=O)OC[C@@H](OC(C)=O)C1O[C@@H](OP(=O)(O)OP(O)(=S)OC[C@H]2O[C@@H](n3cnc4c(N)ncnc43)C(O)C2O)C(OC(C)=O)C(OC(C)=O)[C@@H]1OC(C)=O. The molecule has 0 amide bonds. The molecule has 7 unspecified atom stereocenters. The Labute approximate surface area is 315 Å². The maximum absolute atomic E-state index is 13.4. The van der Waals surface area contributed by atoms with Crippen molar-refractivity contribution in [2.45, 2.75) is 96.0 Å². The van der Waals surface area contributed by atoms with Gasteiger partial charge in [-0.25, -0.2) is 23.8 Å². The van der Waals surface area contributed by atoms with Gasteiger partial charge in [0.2, 0.25) is 6.29 Å². The molecular formula is C27H37N5O20P2S. The number of aromatic nitrogens is 4. The summed E-state index contributed by atoms with van der Waals surface area (Å²) in [5, 5.41) is 21.3. The summed E-state index contributed by atoms with van der Waals surface area (Å²) in [6.45, 7) is -1.80. The minimum Gasteiger partial charge on any atom is -0.462 e. The summed E-state index contributed by atoms with van der Waals surface area (Å²) < 4.78 is 66.9. The summed E-state index contributed by atoms with van der Waals surface area (Å²) in [6.07, 6.45) is -15.4. The lowest BCUT2D eigenvalue weighted by molar-refractivity contribution is -0.301. The number of phosphoric acid groups is 1. The average molecular weight is 846 g/mol. The minimum atomic E-state index is -5.74. The number of nitrogens with zero attached hydrogens (tertiary/aromatic N) is 4. The van der Waals surface area contributed by atoms with Crippen LogP contribution < -0.4 is 5.73 Å². The normalized spacial score (nSPS) is 29.3. The molecule has 2 saturated heterocycles. The molecule has 4 heterocycles. The van der Waals surface area contributed by atoms with Crippen molar-refractivity contribution in [3.05, 3.63) is 12.7 Å². The number of hydrogen-bond donors (Lipinski definition) is 5. The first-order valence-electron chi connectivity index (χ1n) is 15.7. The zero-order valence-electron chi connectivity index (χ0n) is 29.3. The van der Waals surface area contributed by atoms with Crippen LogP contribution >= 0.6 is 14.5 Å². The first-order chi connectivity index (χ1) is 25.6. The van der Waals surface area contributed by atoms with Crippen molar-refractivity contribution in [2.24, 2.45) is 0 Å². The highest BCUT2D eigenvalue weighted by atomic mass is 32.5. The molecule has 25 nitrogen and oxygen atoms in total. The van der Waals surface area contributed by atoms with Gasteiger partial charge in [0, 0.05) is 34.6 Å². The molecule has 28 heteroatoms. The third-order valence-corrected chi connectivity index (χ3v) is 10.9. The smallest absolute Gasteiger partial charge is 0.462 e. The van der Waals surface area contributed by atoms with E-state index in [-0.39, 0.29) is 17.0 Å². The number of rotatable bonds is 15. The Balaban J connectivity index is 1.57. The fourth-order valence-corrected chi connectivity index (χ4v) is 8.52. The molecule has 0 radical (unpaired) electrons. The van der Waals surface area contributed by atoms with Crippen molar-refractivity contribution in [3.63, 3.8) is 0 Å². The molecule has 0 bridgehead atoms. The van der Waals surface area contributed by atoms with Crippen LogP contribution in [0.3, 0.4) is 0 Å². The number of aliphatic hydroxyl groups excluding tert-OH is 2. The number of fused-ring (bicyclic) bond motifs is 1. The van der Waals surface area contributed by atoms with Gasteiger partial charge in [-0.05, 0) is 11.8 Å².